The smallest absolute Gasteiger partial charge is 0.219 e. The second kappa shape index (κ2) is 9.19. The number of carbonyl (C=O) groups is 2. The first-order valence-electron chi connectivity index (χ1n) is 8.02. The monoisotopic (exact) mass is 299 g/mol. The van der Waals surface area contributed by atoms with Crippen LogP contribution in [0.25, 0.3) is 0 Å². The number of amides is 1. The van der Waals surface area contributed by atoms with Gasteiger partial charge in [0.2, 0.25) is 5.91 Å². The van der Waals surface area contributed by atoms with Gasteiger partial charge in [0.15, 0.2) is 0 Å². The van der Waals surface area contributed by atoms with Gasteiger partial charge in [-0.05, 0) is 40.0 Å². The van der Waals surface area contributed by atoms with Crippen molar-refractivity contribution in [3.05, 3.63) is 0 Å². The molecular formula is C17H33NO3. The Balaban J connectivity index is 3.93. The molecule has 0 saturated heterocycles. The van der Waals surface area contributed by atoms with Gasteiger partial charge in [0, 0.05) is 25.0 Å². The lowest BCUT2D eigenvalue weighted by molar-refractivity contribution is -0.127. The highest BCUT2D eigenvalue weighted by Gasteiger charge is 2.25. The predicted molar refractivity (Wildman–Crippen MR) is 86.3 cm³/mol. The Kier molecular flexibility index (Phi) is 8.79. The summed E-state index contributed by atoms with van der Waals surface area (Å²) < 4.78 is 5.87. The number of nitrogens with one attached hydrogen (secondary N) is 1. The van der Waals surface area contributed by atoms with Crippen molar-refractivity contribution in [3.63, 3.8) is 0 Å². The Labute approximate surface area is 130 Å². The summed E-state index contributed by atoms with van der Waals surface area (Å²) >= 11 is 0. The van der Waals surface area contributed by atoms with E-state index in [-0.39, 0.29) is 22.7 Å². The number of rotatable bonds is 11. The topological polar surface area (TPSA) is 55.4 Å². The average Bonchev–Trinajstić information content (AvgIpc) is 2.35. The van der Waals surface area contributed by atoms with Crippen LogP contribution in [0.4, 0.5) is 0 Å². The number of ether oxygens (including phenoxy) is 1. The van der Waals surface area contributed by atoms with E-state index in [1.165, 1.54) is 0 Å². The molecule has 1 amide bonds. The average molecular weight is 299 g/mol. The lowest BCUT2D eigenvalue weighted by Crippen LogP contribution is -2.34. The first-order valence-corrected chi connectivity index (χ1v) is 8.02. The Morgan fingerprint density at radius 1 is 1.10 bits per heavy atom. The Morgan fingerprint density at radius 2 is 1.71 bits per heavy atom. The second-order valence-corrected chi connectivity index (χ2v) is 7.00. The SMILES string of the molecule is CCCCC(=O)NCCC(C)(C)OCCC(C)(C)C(C)=O. The van der Waals surface area contributed by atoms with Crippen LogP contribution in [0.2, 0.25) is 0 Å². The molecule has 0 aromatic heterocycles. The van der Waals surface area contributed by atoms with Crippen molar-refractivity contribution in [2.45, 2.75) is 79.2 Å². The second-order valence-electron chi connectivity index (χ2n) is 7.00. The maximum absolute atomic E-state index is 11.5. The minimum absolute atomic E-state index is 0.116. The highest BCUT2D eigenvalue weighted by molar-refractivity contribution is 5.81. The van der Waals surface area contributed by atoms with Crippen molar-refractivity contribution >= 4 is 11.7 Å². The molecule has 0 spiro atoms. The van der Waals surface area contributed by atoms with Crippen molar-refractivity contribution < 1.29 is 14.3 Å². The molecule has 4 heteroatoms. The van der Waals surface area contributed by atoms with Crippen molar-refractivity contribution in [2.24, 2.45) is 5.41 Å². The summed E-state index contributed by atoms with van der Waals surface area (Å²) in [4.78, 5) is 23.0. The fourth-order valence-electron chi connectivity index (χ4n) is 1.76. The maximum Gasteiger partial charge on any atom is 0.219 e. The van der Waals surface area contributed by atoms with Gasteiger partial charge in [-0.1, -0.05) is 27.2 Å². The van der Waals surface area contributed by atoms with Gasteiger partial charge in [0.25, 0.3) is 0 Å². The van der Waals surface area contributed by atoms with Gasteiger partial charge >= 0.3 is 0 Å². The van der Waals surface area contributed by atoms with Crippen molar-refractivity contribution in [3.8, 4) is 0 Å². The summed E-state index contributed by atoms with van der Waals surface area (Å²) in [5.41, 5.74) is -0.616. The van der Waals surface area contributed by atoms with E-state index in [4.69, 9.17) is 4.74 Å². The fourth-order valence-corrected chi connectivity index (χ4v) is 1.76. The zero-order valence-corrected chi connectivity index (χ0v) is 14.7. The normalized spacial score (nSPS) is 12.3. The molecule has 0 heterocycles. The Morgan fingerprint density at radius 3 is 2.24 bits per heavy atom. The summed E-state index contributed by atoms with van der Waals surface area (Å²) in [6, 6.07) is 0. The molecule has 0 atom stereocenters. The van der Waals surface area contributed by atoms with Gasteiger partial charge in [0.1, 0.15) is 5.78 Å². The molecule has 21 heavy (non-hydrogen) atoms. The highest BCUT2D eigenvalue weighted by Crippen LogP contribution is 2.23. The quantitative estimate of drug-likeness (QED) is 0.635. The molecule has 0 saturated carbocycles. The van der Waals surface area contributed by atoms with Crippen LogP contribution < -0.4 is 5.32 Å². The molecule has 0 rings (SSSR count). The number of carbonyl (C=O) groups excluding carboxylic acids is 2. The maximum atomic E-state index is 11.5. The molecule has 0 radical (unpaired) electrons. The van der Waals surface area contributed by atoms with Crippen LogP contribution in [0.3, 0.4) is 0 Å². The van der Waals surface area contributed by atoms with Gasteiger partial charge in [-0.25, -0.2) is 0 Å². The molecule has 124 valence electrons. The minimum atomic E-state index is -0.329. The van der Waals surface area contributed by atoms with Gasteiger partial charge in [-0.15, -0.1) is 0 Å². The Bertz CT molecular complexity index is 335. The standard InChI is InChI=1S/C17H33NO3/c1-7-8-9-15(20)18-12-10-17(5,6)21-13-11-16(3,4)14(2)19/h7-13H2,1-6H3,(H,18,20). The molecule has 0 unspecified atom stereocenters. The van der Waals surface area contributed by atoms with Crippen LogP contribution in [0.15, 0.2) is 0 Å². The van der Waals surface area contributed by atoms with Gasteiger partial charge < -0.3 is 10.1 Å². The summed E-state index contributed by atoms with van der Waals surface area (Å²) in [5, 5.41) is 2.93. The van der Waals surface area contributed by atoms with Gasteiger partial charge in [-0.2, -0.15) is 0 Å². The number of ketones is 1. The molecule has 0 aliphatic heterocycles. The van der Waals surface area contributed by atoms with E-state index in [2.05, 4.69) is 12.2 Å². The first kappa shape index (κ1) is 20.1. The Hall–Kier alpha value is -0.900. The fraction of sp³-hybridized carbons (Fsp3) is 0.882. The van der Waals surface area contributed by atoms with Crippen LogP contribution in [0.1, 0.15) is 73.6 Å². The summed E-state index contributed by atoms with van der Waals surface area (Å²) in [6.45, 7) is 12.8. The molecule has 1 N–H and O–H groups in total. The number of unbranched alkanes of at least 4 members (excludes halogenated alkanes) is 1. The molecule has 0 aromatic rings. The largest absolute Gasteiger partial charge is 0.375 e. The van der Waals surface area contributed by atoms with Crippen molar-refractivity contribution in [1.29, 1.82) is 0 Å². The van der Waals surface area contributed by atoms with Gasteiger partial charge in [0.05, 0.1) is 5.60 Å². The molecule has 4 nitrogen and oxygen atoms in total. The molecular weight excluding hydrogens is 266 g/mol. The van der Waals surface area contributed by atoms with E-state index in [1.807, 2.05) is 27.7 Å². The number of hydrogen-bond donors (Lipinski definition) is 1. The first-order chi connectivity index (χ1) is 9.60. The van der Waals surface area contributed by atoms with Crippen molar-refractivity contribution in [2.75, 3.05) is 13.2 Å². The van der Waals surface area contributed by atoms with Crippen LogP contribution in [-0.2, 0) is 14.3 Å². The lowest BCUT2D eigenvalue weighted by atomic mass is 9.86. The third-order valence-corrected chi connectivity index (χ3v) is 3.98. The minimum Gasteiger partial charge on any atom is -0.375 e. The molecule has 0 aliphatic rings. The predicted octanol–water partition coefficient (Wildman–Crippen LogP) is 3.48. The number of Topliss-reactive ketones (excluding diaryl/α,β-unsaturated/α-hetero) is 1. The van der Waals surface area contributed by atoms with E-state index >= 15 is 0 Å². The van der Waals surface area contributed by atoms with E-state index in [9.17, 15) is 9.59 Å². The van der Waals surface area contributed by atoms with Crippen LogP contribution in [0.5, 0.6) is 0 Å². The number of hydrogen-bond acceptors (Lipinski definition) is 3. The van der Waals surface area contributed by atoms with Crippen LogP contribution >= 0.6 is 0 Å². The summed E-state index contributed by atoms with van der Waals surface area (Å²) in [7, 11) is 0. The highest BCUT2D eigenvalue weighted by atomic mass is 16.5. The molecule has 0 aliphatic carbocycles. The zero-order chi connectivity index (χ0) is 16.5. The van der Waals surface area contributed by atoms with Gasteiger partial charge in [-0.3, -0.25) is 9.59 Å². The molecule has 0 aromatic carbocycles. The van der Waals surface area contributed by atoms with E-state index in [0.29, 0.717) is 26.0 Å². The summed E-state index contributed by atoms with van der Waals surface area (Å²) in [6.07, 6.45) is 4.06. The summed E-state index contributed by atoms with van der Waals surface area (Å²) in [5.74, 6) is 0.303. The van der Waals surface area contributed by atoms with E-state index in [0.717, 1.165) is 19.3 Å². The van der Waals surface area contributed by atoms with Crippen LogP contribution in [-0.4, -0.2) is 30.4 Å². The van der Waals surface area contributed by atoms with Crippen molar-refractivity contribution in [1.82, 2.24) is 5.32 Å². The third-order valence-electron chi connectivity index (χ3n) is 3.98. The van der Waals surface area contributed by atoms with E-state index < -0.39 is 0 Å². The zero-order valence-electron chi connectivity index (χ0n) is 14.7. The molecule has 0 bridgehead atoms. The molecule has 0 fully saturated rings. The third kappa shape index (κ3) is 9.62. The lowest BCUT2D eigenvalue weighted by Gasteiger charge is -2.28. The van der Waals surface area contributed by atoms with E-state index in [1.54, 1.807) is 6.92 Å². The van der Waals surface area contributed by atoms with Crippen LogP contribution in [0, 0.1) is 5.41 Å².